The highest BCUT2D eigenvalue weighted by atomic mass is 79.9. The first kappa shape index (κ1) is 12.2. The van der Waals surface area contributed by atoms with E-state index < -0.39 is 16.7 Å². The maximum absolute atomic E-state index is 11.7. The van der Waals surface area contributed by atoms with Gasteiger partial charge in [-0.2, -0.15) is 0 Å². The van der Waals surface area contributed by atoms with E-state index in [1.807, 2.05) is 0 Å². The lowest BCUT2D eigenvalue weighted by molar-refractivity contribution is -0.117. The first-order valence-electron chi connectivity index (χ1n) is 4.22. The zero-order valence-electron chi connectivity index (χ0n) is 7.90. The van der Waals surface area contributed by atoms with Crippen molar-refractivity contribution in [2.75, 3.05) is 11.5 Å². The number of carbonyl (C=O) groups excluding carboxylic acids is 1. The van der Waals surface area contributed by atoms with E-state index in [2.05, 4.69) is 15.9 Å². The second-order valence-corrected chi connectivity index (χ2v) is 5.40. The van der Waals surface area contributed by atoms with Crippen molar-refractivity contribution >= 4 is 38.3 Å². The number of primary amides is 1. The minimum absolute atomic E-state index is 0.0993. The maximum atomic E-state index is 11.7. The molecule has 1 amide bonds. The van der Waals surface area contributed by atoms with Crippen LogP contribution in [0.5, 0.6) is 0 Å². The van der Waals surface area contributed by atoms with E-state index in [0.29, 0.717) is 10.6 Å². The molecule has 0 aliphatic heterocycles. The molecule has 0 fully saturated rings. The van der Waals surface area contributed by atoms with E-state index in [1.165, 1.54) is 0 Å². The Hall–Kier alpha value is -0.880. The fourth-order valence-corrected chi connectivity index (χ4v) is 2.56. The summed E-state index contributed by atoms with van der Waals surface area (Å²) in [5, 5.41) is 0. The van der Waals surface area contributed by atoms with Gasteiger partial charge in [0, 0.05) is 22.3 Å². The van der Waals surface area contributed by atoms with Crippen molar-refractivity contribution in [1.82, 2.24) is 0 Å². The van der Waals surface area contributed by atoms with Gasteiger partial charge in [-0.05, 0) is 18.2 Å². The Morgan fingerprint density at radius 2 is 2.13 bits per heavy atom. The normalized spacial score (nSPS) is 12.3. The van der Waals surface area contributed by atoms with Crippen LogP contribution in [0.15, 0.2) is 27.6 Å². The van der Waals surface area contributed by atoms with Gasteiger partial charge in [-0.25, -0.2) is 0 Å². The zero-order valence-corrected chi connectivity index (χ0v) is 10.3. The van der Waals surface area contributed by atoms with E-state index in [0.717, 1.165) is 4.47 Å². The Balaban J connectivity index is 2.78. The van der Waals surface area contributed by atoms with E-state index in [-0.39, 0.29) is 12.2 Å². The minimum Gasteiger partial charge on any atom is -0.398 e. The van der Waals surface area contributed by atoms with Gasteiger partial charge in [-0.1, -0.05) is 15.9 Å². The number of nitrogen functional groups attached to an aromatic ring is 1. The molecule has 0 aromatic heterocycles. The lowest BCUT2D eigenvalue weighted by Crippen LogP contribution is -2.14. The molecule has 1 aromatic carbocycles. The third kappa shape index (κ3) is 3.64. The molecule has 1 aromatic rings. The maximum Gasteiger partial charge on any atom is 0.218 e. The van der Waals surface area contributed by atoms with Crippen molar-refractivity contribution in [3.8, 4) is 0 Å². The van der Waals surface area contributed by atoms with Crippen LogP contribution in [0.4, 0.5) is 5.69 Å². The minimum atomic E-state index is -1.27. The van der Waals surface area contributed by atoms with Gasteiger partial charge in [-0.15, -0.1) is 0 Å². The molecule has 1 unspecified atom stereocenters. The lowest BCUT2D eigenvalue weighted by Gasteiger charge is -2.05. The second kappa shape index (κ2) is 5.27. The summed E-state index contributed by atoms with van der Waals surface area (Å²) in [4.78, 5) is 11.1. The highest BCUT2D eigenvalue weighted by molar-refractivity contribution is 9.10. The first-order chi connectivity index (χ1) is 7.00. The molecule has 0 heterocycles. The fourth-order valence-electron chi connectivity index (χ4n) is 1.03. The van der Waals surface area contributed by atoms with Gasteiger partial charge >= 0.3 is 0 Å². The zero-order chi connectivity index (χ0) is 11.4. The number of hydrogen-bond acceptors (Lipinski definition) is 3. The Morgan fingerprint density at radius 1 is 1.47 bits per heavy atom. The molecule has 0 saturated carbocycles. The number of rotatable bonds is 4. The number of hydrogen-bond donors (Lipinski definition) is 2. The smallest absolute Gasteiger partial charge is 0.218 e. The SMILES string of the molecule is NC(=O)CCS(=O)c1ccc(Br)cc1N. The predicted molar refractivity (Wildman–Crippen MR) is 63.6 cm³/mol. The summed E-state index contributed by atoms with van der Waals surface area (Å²) in [7, 11) is -1.27. The fraction of sp³-hybridized carbons (Fsp3) is 0.222. The third-order valence-corrected chi connectivity index (χ3v) is 3.68. The molecule has 1 rings (SSSR count). The summed E-state index contributed by atoms with van der Waals surface area (Å²) in [6.45, 7) is 0. The van der Waals surface area contributed by atoms with Crippen molar-refractivity contribution in [2.24, 2.45) is 5.73 Å². The molecule has 15 heavy (non-hydrogen) atoms. The molecule has 82 valence electrons. The molecule has 0 saturated heterocycles. The van der Waals surface area contributed by atoms with Crippen LogP contribution < -0.4 is 11.5 Å². The van der Waals surface area contributed by atoms with Crippen LogP contribution in [0, 0.1) is 0 Å². The van der Waals surface area contributed by atoms with E-state index in [1.54, 1.807) is 18.2 Å². The number of carbonyl (C=O) groups is 1. The van der Waals surface area contributed by atoms with Gasteiger partial charge in [0.25, 0.3) is 0 Å². The molecule has 0 spiro atoms. The largest absolute Gasteiger partial charge is 0.398 e. The second-order valence-electron chi connectivity index (χ2n) is 2.95. The molecule has 0 aliphatic carbocycles. The standard InChI is InChI=1S/C9H11BrN2O2S/c10-6-1-2-8(7(11)5-6)15(14)4-3-9(12)13/h1-2,5H,3-4,11H2,(H2,12,13). The highest BCUT2D eigenvalue weighted by Crippen LogP contribution is 2.21. The van der Waals surface area contributed by atoms with Crippen molar-refractivity contribution in [3.05, 3.63) is 22.7 Å². The van der Waals surface area contributed by atoms with Gasteiger partial charge < -0.3 is 11.5 Å². The Bertz CT molecular complexity index is 409. The quantitative estimate of drug-likeness (QED) is 0.812. The lowest BCUT2D eigenvalue weighted by atomic mass is 10.3. The van der Waals surface area contributed by atoms with Crippen LogP contribution in [-0.2, 0) is 15.6 Å². The molecule has 1 atom stereocenters. The van der Waals surface area contributed by atoms with Crippen molar-refractivity contribution in [1.29, 1.82) is 0 Å². The molecule has 4 N–H and O–H groups in total. The molecular formula is C9H11BrN2O2S. The van der Waals surface area contributed by atoms with Crippen LogP contribution in [0.1, 0.15) is 6.42 Å². The van der Waals surface area contributed by atoms with Crippen LogP contribution >= 0.6 is 15.9 Å². The predicted octanol–water partition coefficient (Wildman–Crippen LogP) is 1.01. The topological polar surface area (TPSA) is 86.2 Å². The van der Waals surface area contributed by atoms with Gasteiger partial charge in [-0.3, -0.25) is 9.00 Å². The van der Waals surface area contributed by atoms with E-state index >= 15 is 0 Å². The number of anilines is 1. The van der Waals surface area contributed by atoms with Crippen LogP contribution in [0.2, 0.25) is 0 Å². The van der Waals surface area contributed by atoms with Crippen LogP contribution in [-0.4, -0.2) is 15.9 Å². The van der Waals surface area contributed by atoms with Gasteiger partial charge in [0.1, 0.15) is 0 Å². The van der Waals surface area contributed by atoms with Gasteiger partial charge in [0.2, 0.25) is 5.91 Å². The number of amides is 1. The molecule has 6 heteroatoms. The van der Waals surface area contributed by atoms with Crippen LogP contribution in [0.3, 0.4) is 0 Å². The summed E-state index contributed by atoms with van der Waals surface area (Å²) < 4.78 is 12.5. The Labute approximate surface area is 98.6 Å². The molecule has 0 radical (unpaired) electrons. The molecule has 0 aliphatic rings. The summed E-state index contributed by atoms with van der Waals surface area (Å²) >= 11 is 3.25. The Kier molecular flexibility index (Phi) is 4.28. The van der Waals surface area contributed by atoms with E-state index in [4.69, 9.17) is 11.5 Å². The number of nitrogens with two attached hydrogens (primary N) is 2. The monoisotopic (exact) mass is 290 g/mol. The van der Waals surface area contributed by atoms with Crippen molar-refractivity contribution in [2.45, 2.75) is 11.3 Å². The molecule has 0 bridgehead atoms. The summed E-state index contributed by atoms with van der Waals surface area (Å²) in [5.41, 5.74) is 11.1. The van der Waals surface area contributed by atoms with Crippen molar-refractivity contribution < 1.29 is 9.00 Å². The number of benzene rings is 1. The van der Waals surface area contributed by atoms with Crippen LogP contribution in [0.25, 0.3) is 0 Å². The number of halogens is 1. The highest BCUT2D eigenvalue weighted by Gasteiger charge is 2.09. The Morgan fingerprint density at radius 3 is 2.67 bits per heavy atom. The average Bonchev–Trinajstić information content (AvgIpc) is 2.14. The molecular weight excluding hydrogens is 280 g/mol. The summed E-state index contributed by atoms with van der Waals surface area (Å²) in [6, 6.07) is 5.11. The summed E-state index contributed by atoms with van der Waals surface area (Å²) in [6.07, 6.45) is 0.0993. The molecule has 4 nitrogen and oxygen atoms in total. The van der Waals surface area contributed by atoms with Gasteiger partial charge in [0.15, 0.2) is 0 Å². The average molecular weight is 291 g/mol. The first-order valence-corrected chi connectivity index (χ1v) is 6.33. The summed E-state index contributed by atoms with van der Waals surface area (Å²) in [5.74, 6) is -0.250. The van der Waals surface area contributed by atoms with Gasteiger partial charge in [0.05, 0.1) is 15.7 Å². The third-order valence-electron chi connectivity index (χ3n) is 1.75. The van der Waals surface area contributed by atoms with Crippen molar-refractivity contribution in [3.63, 3.8) is 0 Å². The van der Waals surface area contributed by atoms with E-state index in [9.17, 15) is 9.00 Å².